The van der Waals surface area contributed by atoms with E-state index in [2.05, 4.69) is 10.6 Å². The predicted octanol–water partition coefficient (Wildman–Crippen LogP) is -0.754. The molecule has 7 aliphatic heterocycles. The number of piperazine rings is 1. The number of methoxy groups -OCH3 is 2. The van der Waals surface area contributed by atoms with E-state index in [0.717, 1.165) is 11.1 Å². The van der Waals surface area contributed by atoms with Crippen LogP contribution in [0.15, 0.2) is 60.7 Å². The van der Waals surface area contributed by atoms with Gasteiger partial charge in [-0.15, -0.1) is 0 Å². The Labute approximate surface area is 836 Å². The number of ether oxygens (including phenoxy) is 27. The van der Waals surface area contributed by atoms with Gasteiger partial charge in [-0.05, 0) is 48.0 Å². The highest BCUT2D eigenvalue weighted by Gasteiger charge is 2.48. The van der Waals surface area contributed by atoms with E-state index in [4.69, 9.17) is 144 Å². The van der Waals surface area contributed by atoms with Crippen molar-refractivity contribution < 1.29 is 187 Å². The molecule has 48 nitrogen and oxygen atoms in total. The molecule has 11 rings (SSSR count). The maximum absolute atomic E-state index is 14.3. The van der Waals surface area contributed by atoms with Crippen LogP contribution >= 0.6 is 0 Å². The molecule has 5 amide bonds. The zero-order valence-corrected chi connectivity index (χ0v) is 82.5. The SMILES string of the molecule is CCN[C@H](CC(=O)N1CCN(c2nc(N)c3cc(OC)c(OC)cc3n2)C(c2cccc(OCCOCCOCCOCCC(=O)NC(COCCOCCOCCOCCOC[C@H]3OC[C@@H](N4CCOC4=O)[C@@H](O)[C@H]3O)(COCCOCCOCCOCCOC[C@H]3OC[C@@H](N4CCOC4=O)[C@@H](O)[C@H]3O)COCCOCCOCCOCCOC[C@H]3OC[C@@H](N4CCOC4=O)[C@@H](O)[C@H]3O)c2)C1)c1ccc(F)cc1. The molecule has 7 fully saturated rings. The van der Waals surface area contributed by atoms with Gasteiger partial charge in [0.25, 0.3) is 0 Å². The van der Waals surface area contributed by atoms with Crippen molar-refractivity contribution in [3.8, 4) is 17.2 Å². The van der Waals surface area contributed by atoms with Gasteiger partial charge in [0, 0.05) is 50.0 Å². The number of carbonyl (C=O) groups is 5. The molecule has 7 aliphatic rings. The summed E-state index contributed by atoms with van der Waals surface area (Å²) in [5.41, 5.74) is 7.54. The number of nitrogen functional groups attached to an aromatic ring is 1. The van der Waals surface area contributed by atoms with E-state index in [1.54, 1.807) is 31.4 Å². The maximum Gasteiger partial charge on any atom is 0.410 e. The third kappa shape index (κ3) is 37.7. The number of aliphatic hydroxyl groups excluding tert-OH is 6. The molecule has 7 saturated heterocycles. The van der Waals surface area contributed by atoms with Gasteiger partial charge in [0.2, 0.25) is 17.8 Å². The molecule has 8 heterocycles. The van der Waals surface area contributed by atoms with Crippen LogP contribution in [0.3, 0.4) is 0 Å². The van der Waals surface area contributed by atoms with Crippen LogP contribution in [-0.2, 0) is 123 Å². The van der Waals surface area contributed by atoms with Crippen LogP contribution in [0.25, 0.3) is 10.9 Å². The van der Waals surface area contributed by atoms with E-state index in [0.29, 0.717) is 73.4 Å². The number of nitrogens with zero attached hydrogens (tertiary/aromatic N) is 7. The van der Waals surface area contributed by atoms with Crippen LogP contribution in [0.2, 0.25) is 0 Å². The summed E-state index contributed by atoms with van der Waals surface area (Å²) in [4.78, 5) is 82.2. The van der Waals surface area contributed by atoms with Crippen molar-refractivity contribution in [3.05, 3.63) is 77.6 Å². The number of hydrogen-bond acceptors (Lipinski definition) is 43. The molecule has 0 aliphatic carbocycles. The van der Waals surface area contributed by atoms with Crippen LogP contribution in [0, 0.1) is 5.82 Å². The zero-order chi connectivity index (χ0) is 102. The fourth-order valence-electron chi connectivity index (χ4n) is 16.7. The first-order valence-electron chi connectivity index (χ1n) is 49.2. The number of cyclic esters (lactones) is 3. The van der Waals surface area contributed by atoms with Crippen molar-refractivity contribution in [3.63, 3.8) is 0 Å². The summed E-state index contributed by atoms with van der Waals surface area (Å²) in [6.07, 6.45) is -11.5. The van der Waals surface area contributed by atoms with Gasteiger partial charge >= 0.3 is 18.3 Å². The van der Waals surface area contributed by atoms with Crippen LogP contribution in [0.5, 0.6) is 17.2 Å². The van der Waals surface area contributed by atoms with Crippen LogP contribution in [0.1, 0.15) is 43.0 Å². The average Bonchev–Trinajstić information content (AvgIpc) is 0.843. The van der Waals surface area contributed by atoms with Gasteiger partial charge in [0.05, 0.1) is 321 Å². The predicted molar refractivity (Wildman–Crippen MR) is 504 cm³/mol. The molecular formula is C95H147FN10O38. The molecule has 4 aromatic rings. The Balaban J connectivity index is 0.610. The minimum absolute atomic E-state index is 0.00251. The molecule has 14 atom stereocenters. The third-order valence-corrected chi connectivity index (χ3v) is 24.5. The van der Waals surface area contributed by atoms with Gasteiger partial charge in [-0.25, -0.2) is 23.8 Å². The summed E-state index contributed by atoms with van der Waals surface area (Å²) in [6.45, 7) is 11.2. The number of aliphatic hydroxyl groups is 6. The average molecular weight is 2060 g/mol. The Morgan fingerprint density at radius 1 is 0.458 bits per heavy atom. The Kier molecular flexibility index (Phi) is 52.1. The lowest BCUT2D eigenvalue weighted by atomic mass is 9.97. The quantitative estimate of drug-likeness (QED) is 0.0194. The largest absolute Gasteiger partial charge is 0.493 e. The van der Waals surface area contributed by atoms with Gasteiger partial charge in [-0.3, -0.25) is 24.3 Å². The molecular weight excluding hydrogens is 1910 g/mol. The standard InChI is InChI=1S/C95H147FN10O38/c1-4-98-71(66-8-10-68(96)11-9-66)55-83(108)102-13-14-103(91-99-72-54-78(119-3)77(118-2)53-70(72)90(97)100-91)73(56-102)67-6-5-7-69(52-67)138-51-50-131-37-36-121-23-22-120-18-12-82(107)101-95(63-135-47-41-128-33-27-122-24-30-125-38-44-132-60-79-87(112)84(109)74(57-142-79)104-15-19-139-92(104)115,64-136-48-42-129-34-28-123-25-31-126-39-45-133-61-80-88(113)85(110)75(58-143-80)105-16-20-140-93(105)116)65-137-49-43-130-35-29-124-26-32-127-40-46-134-62-81-89(114)86(111)76(59-144-81)106-17-21-141-94(106)117/h5-11,52-54,71,73-76,79-81,84-89,98,109-114H,4,12-51,55-65H2,1-3H3,(H,101,107)(H2,97,99,100)/t71-,73?,74-,75-,76-,79-,80-,81-,84-,85-,86-,87+,88+,89+/m1/s1. The van der Waals surface area contributed by atoms with Crippen molar-refractivity contribution in [1.29, 1.82) is 0 Å². The molecule has 0 saturated carbocycles. The lowest BCUT2D eigenvalue weighted by Crippen LogP contribution is -2.60. The highest BCUT2D eigenvalue weighted by molar-refractivity contribution is 5.92. The summed E-state index contributed by atoms with van der Waals surface area (Å²) < 4.78 is 168. The molecule has 3 aromatic carbocycles. The van der Waals surface area contributed by atoms with E-state index in [1.807, 2.05) is 41.0 Å². The summed E-state index contributed by atoms with van der Waals surface area (Å²) >= 11 is 0. The van der Waals surface area contributed by atoms with E-state index >= 15 is 0 Å². The molecule has 1 unspecified atom stereocenters. The summed E-state index contributed by atoms with van der Waals surface area (Å²) in [5, 5.41) is 71.2. The van der Waals surface area contributed by atoms with Gasteiger partial charge in [0.1, 0.15) is 104 Å². The number of benzene rings is 3. The minimum atomic E-state index is -1.27. The normalized spacial score (nSPS) is 22.9. The molecule has 812 valence electrons. The molecule has 144 heavy (non-hydrogen) atoms. The van der Waals surface area contributed by atoms with E-state index in [1.165, 1.54) is 33.9 Å². The second-order valence-electron chi connectivity index (χ2n) is 34.5. The Hall–Kier alpha value is -8.44. The van der Waals surface area contributed by atoms with Crippen LogP contribution in [0.4, 0.5) is 30.5 Å². The summed E-state index contributed by atoms with van der Waals surface area (Å²) in [5.74, 6) is 1.26. The van der Waals surface area contributed by atoms with Gasteiger partial charge < -0.3 is 185 Å². The number of nitrogens with two attached hydrogens (primary N) is 1. The van der Waals surface area contributed by atoms with Crippen molar-refractivity contribution in [2.24, 2.45) is 0 Å². The third-order valence-electron chi connectivity index (χ3n) is 24.5. The zero-order valence-electron chi connectivity index (χ0n) is 82.5. The molecule has 0 spiro atoms. The van der Waals surface area contributed by atoms with E-state index < -0.39 is 109 Å². The number of nitrogens with one attached hydrogen (secondary N) is 2. The van der Waals surface area contributed by atoms with E-state index in [-0.39, 0.29) is 327 Å². The molecule has 0 radical (unpaired) electrons. The number of anilines is 2. The number of halogens is 1. The molecule has 1 aromatic heterocycles. The Bertz CT molecular complexity index is 4130. The number of carbonyl (C=O) groups excluding carboxylic acids is 5. The summed E-state index contributed by atoms with van der Waals surface area (Å²) in [6, 6.07) is 14.3. The number of fused-ring (bicyclic) bond motifs is 1. The molecule has 0 bridgehead atoms. The smallest absolute Gasteiger partial charge is 0.410 e. The first-order chi connectivity index (χ1) is 70.3. The van der Waals surface area contributed by atoms with Gasteiger partial charge in [-0.1, -0.05) is 31.2 Å². The topological polar surface area (TPSA) is 548 Å². The number of amides is 5. The van der Waals surface area contributed by atoms with Crippen LogP contribution < -0.4 is 35.5 Å². The second kappa shape index (κ2) is 64.7. The van der Waals surface area contributed by atoms with E-state index in [9.17, 15) is 59.0 Å². The highest BCUT2D eigenvalue weighted by Crippen LogP contribution is 2.38. The van der Waals surface area contributed by atoms with Gasteiger partial charge in [0.15, 0.2) is 11.5 Å². The number of rotatable bonds is 74. The van der Waals surface area contributed by atoms with Crippen molar-refractivity contribution in [2.75, 3.05) is 355 Å². The van der Waals surface area contributed by atoms with Crippen LogP contribution in [-0.4, -0.2) is 513 Å². The fourth-order valence-corrected chi connectivity index (χ4v) is 16.7. The van der Waals surface area contributed by atoms with Crippen molar-refractivity contribution in [1.82, 2.24) is 40.2 Å². The molecule has 10 N–H and O–H groups in total. The van der Waals surface area contributed by atoms with Crippen molar-refractivity contribution >= 4 is 52.8 Å². The maximum atomic E-state index is 14.3. The van der Waals surface area contributed by atoms with Gasteiger partial charge in [-0.2, -0.15) is 4.98 Å². The Morgan fingerprint density at radius 2 is 0.840 bits per heavy atom. The minimum Gasteiger partial charge on any atom is -0.493 e. The monoisotopic (exact) mass is 2050 g/mol. The number of hydrogen-bond donors (Lipinski definition) is 9. The number of aromatic nitrogens is 2. The lowest BCUT2D eigenvalue weighted by molar-refractivity contribution is -0.181. The highest BCUT2D eigenvalue weighted by atomic mass is 19.1. The Morgan fingerprint density at radius 3 is 1.23 bits per heavy atom. The second-order valence-corrected chi connectivity index (χ2v) is 34.5. The fraction of sp³-hybridized carbons (Fsp3) is 0.737. The van der Waals surface area contributed by atoms with Crippen molar-refractivity contribution in [2.45, 2.75) is 110 Å². The summed E-state index contributed by atoms with van der Waals surface area (Å²) in [7, 11) is 3.08. The molecule has 49 heteroatoms. The first-order valence-corrected chi connectivity index (χ1v) is 49.2. The lowest BCUT2D eigenvalue weighted by Gasteiger charge is -2.42. The first kappa shape index (κ1) is 116.